The highest BCUT2D eigenvalue weighted by Gasteiger charge is 2.21. The van der Waals surface area contributed by atoms with E-state index in [1.54, 1.807) is 50.6 Å². The minimum absolute atomic E-state index is 0.149. The first-order valence-electron chi connectivity index (χ1n) is 10.2. The molecular weight excluding hydrogens is 382 g/mol. The summed E-state index contributed by atoms with van der Waals surface area (Å²) in [6.45, 7) is 4.74. The van der Waals surface area contributed by atoms with Gasteiger partial charge in [-0.3, -0.25) is 4.90 Å². The van der Waals surface area contributed by atoms with Gasteiger partial charge in [-0.1, -0.05) is 6.92 Å². The number of nitrogens with zero attached hydrogens (tertiary/aromatic N) is 1. The van der Waals surface area contributed by atoms with E-state index in [0.717, 1.165) is 24.9 Å². The summed E-state index contributed by atoms with van der Waals surface area (Å²) >= 11 is 0. The number of hydrogen-bond donors (Lipinski definition) is 1. The standard InChI is InChI=1S/C24H27NO5/c1-15-5-4-10-25(13-15)14-20-21(26)8-6-16-11-19(24(27)30-23(16)20)18-12-17(28-2)7-9-22(18)29-3/h6-9,11-12,15,26H,4-5,10,13-14H2,1-3H3/t15-/m0/s1. The lowest BCUT2D eigenvalue weighted by Gasteiger charge is -2.31. The van der Waals surface area contributed by atoms with Crippen molar-refractivity contribution in [2.24, 2.45) is 5.92 Å². The molecule has 0 spiro atoms. The maximum absolute atomic E-state index is 13.0. The van der Waals surface area contributed by atoms with Crippen molar-refractivity contribution >= 4 is 11.0 Å². The van der Waals surface area contributed by atoms with Gasteiger partial charge >= 0.3 is 5.63 Å². The van der Waals surface area contributed by atoms with Crippen LogP contribution in [-0.4, -0.2) is 37.3 Å². The summed E-state index contributed by atoms with van der Waals surface area (Å²) in [5, 5.41) is 11.3. The lowest BCUT2D eigenvalue weighted by Crippen LogP contribution is -2.33. The van der Waals surface area contributed by atoms with Crippen LogP contribution in [0.2, 0.25) is 0 Å². The van der Waals surface area contributed by atoms with Crippen LogP contribution in [0.4, 0.5) is 0 Å². The Morgan fingerprint density at radius 1 is 1.13 bits per heavy atom. The molecule has 158 valence electrons. The molecule has 1 aromatic heterocycles. The number of phenolic OH excluding ortho intramolecular Hbond substituents is 1. The van der Waals surface area contributed by atoms with Crippen molar-refractivity contribution in [3.63, 3.8) is 0 Å². The van der Waals surface area contributed by atoms with Gasteiger partial charge in [-0.2, -0.15) is 0 Å². The third-order valence-electron chi connectivity index (χ3n) is 5.80. The molecule has 1 fully saturated rings. The van der Waals surface area contributed by atoms with Crippen LogP contribution in [0, 0.1) is 5.92 Å². The predicted molar refractivity (Wildman–Crippen MR) is 116 cm³/mol. The van der Waals surface area contributed by atoms with E-state index < -0.39 is 5.63 Å². The van der Waals surface area contributed by atoms with Crippen LogP contribution < -0.4 is 15.1 Å². The van der Waals surface area contributed by atoms with Crippen molar-refractivity contribution < 1.29 is 19.0 Å². The van der Waals surface area contributed by atoms with E-state index in [1.807, 2.05) is 0 Å². The number of likely N-dealkylation sites (tertiary alicyclic amines) is 1. The van der Waals surface area contributed by atoms with E-state index in [0.29, 0.717) is 46.2 Å². The molecule has 2 heterocycles. The first-order valence-corrected chi connectivity index (χ1v) is 10.2. The van der Waals surface area contributed by atoms with E-state index in [9.17, 15) is 9.90 Å². The Balaban J connectivity index is 1.81. The number of benzene rings is 2. The van der Waals surface area contributed by atoms with Crippen LogP contribution in [-0.2, 0) is 6.54 Å². The van der Waals surface area contributed by atoms with Gasteiger partial charge in [0.25, 0.3) is 0 Å². The van der Waals surface area contributed by atoms with Crippen LogP contribution in [0.5, 0.6) is 17.2 Å². The van der Waals surface area contributed by atoms with Crippen molar-refractivity contribution in [2.75, 3.05) is 27.3 Å². The van der Waals surface area contributed by atoms with Gasteiger partial charge in [-0.15, -0.1) is 0 Å². The van der Waals surface area contributed by atoms with E-state index in [1.165, 1.54) is 6.42 Å². The molecule has 4 rings (SSSR count). The number of phenols is 1. The average Bonchev–Trinajstić information content (AvgIpc) is 2.75. The third kappa shape index (κ3) is 3.87. The molecule has 6 nitrogen and oxygen atoms in total. The summed E-state index contributed by atoms with van der Waals surface area (Å²) in [7, 11) is 3.13. The zero-order valence-corrected chi connectivity index (χ0v) is 17.6. The second-order valence-electron chi connectivity index (χ2n) is 7.98. The van der Waals surface area contributed by atoms with Crippen molar-refractivity contribution in [1.82, 2.24) is 4.90 Å². The highest BCUT2D eigenvalue weighted by molar-refractivity contribution is 5.87. The molecule has 1 aliphatic heterocycles. The van der Waals surface area contributed by atoms with Gasteiger partial charge in [0.05, 0.1) is 25.3 Å². The maximum Gasteiger partial charge on any atom is 0.344 e. The summed E-state index contributed by atoms with van der Waals surface area (Å²) in [5.74, 6) is 1.95. The Kier molecular flexibility index (Phi) is 5.68. The van der Waals surface area contributed by atoms with E-state index in [2.05, 4.69) is 11.8 Å². The van der Waals surface area contributed by atoms with Gasteiger partial charge in [0.1, 0.15) is 22.8 Å². The van der Waals surface area contributed by atoms with Gasteiger partial charge in [-0.05, 0) is 61.7 Å². The minimum Gasteiger partial charge on any atom is -0.507 e. The molecule has 0 aliphatic carbocycles. The molecule has 1 N–H and O–H groups in total. The number of aromatic hydroxyl groups is 1. The van der Waals surface area contributed by atoms with Crippen LogP contribution in [0.25, 0.3) is 22.1 Å². The van der Waals surface area contributed by atoms with E-state index in [4.69, 9.17) is 13.9 Å². The van der Waals surface area contributed by atoms with Crippen molar-refractivity contribution in [3.8, 4) is 28.4 Å². The normalized spacial score (nSPS) is 17.2. The number of hydrogen-bond acceptors (Lipinski definition) is 6. The second-order valence-corrected chi connectivity index (χ2v) is 7.98. The monoisotopic (exact) mass is 409 g/mol. The zero-order valence-electron chi connectivity index (χ0n) is 17.6. The van der Waals surface area contributed by atoms with Gasteiger partial charge in [-0.25, -0.2) is 4.79 Å². The first kappa shape index (κ1) is 20.3. The van der Waals surface area contributed by atoms with Crippen LogP contribution in [0.15, 0.2) is 45.6 Å². The van der Waals surface area contributed by atoms with Crippen LogP contribution in [0.1, 0.15) is 25.3 Å². The summed E-state index contributed by atoms with van der Waals surface area (Å²) < 4.78 is 16.5. The largest absolute Gasteiger partial charge is 0.507 e. The lowest BCUT2D eigenvalue weighted by atomic mass is 9.99. The molecule has 2 aromatic carbocycles. The number of piperidine rings is 1. The first-order chi connectivity index (χ1) is 14.5. The molecule has 0 saturated carbocycles. The third-order valence-corrected chi connectivity index (χ3v) is 5.80. The van der Waals surface area contributed by atoms with Crippen LogP contribution in [0.3, 0.4) is 0 Å². The molecule has 0 bridgehead atoms. The van der Waals surface area contributed by atoms with Crippen molar-refractivity contribution in [2.45, 2.75) is 26.3 Å². The van der Waals surface area contributed by atoms with Crippen molar-refractivity contribution in [3.05, 3.63) is 52.4 Å². The number of rotatable bonds is 5. The Labute approximate surface area is 175 Å². The SMILES string of the molecule is COc1ccc(OC)c(-c2cc3ccc(O)c(CN4CCC[C@H](C)C4)c3oc2=O)c1. The summed E-state index contributed by atoms with van der Waals surface area (Å²) in [4.78, 5) is 15.3. The quantitative estimate of drug-likeness (QED) is 0.629. The van der Waals surface area contributed by atoms with Gasteiger partial charge in [0.2, 0.25) is 0 Å². The molecule has 30 heavy (non-hydrogen) atoms. The molecule has 0 unspecified atom stereocenters. The molecule has 3 aromatic rings. The molecule has 1 atom stereocenters. The summed E-state index contributed by atoms with van der Waals surface area (Å²) in [5.41, 5.74) is 1.60. The number of fused-ring (bicyclic) bond motifs is 1. The van der Waals surface area contributed by atoms with Crippen LogP contribution >= 0.6 is 0 Å². The summed E-state index contributed by atoms with van der Waals surface area (Å²) in [6.07, 6.45) is 2.36. The van der Waals surface area contributed by atoms with Crippen molar-refractivity contribution in [1.29, 1.82) is 0 Å². The topological polar surface area (TPSA) is 72.1 Å². The van der Waals surface area contributed by atoms with Gasteiger partial charge < -0.3 is 19.0 Å². The zero-order chi connectivity index (χ0) is 21.3. The highest BCUT2D eigenvalue weighted by atomic mass is 16.5. The highest BCUT2D eigenvalue weighted by Crippen LogP contribution is 2.35. The van der Waals surface area contributed by atoms with Gasteiger partial charge in [0, 0.05) is 24.0 Å². The predicted octanol–water partition coefficient (Wildman–Crippen LogP) is 4.41. The smallest absolute Gasteiger partial charge is 0.344 e. The molecular formula is C24H27NO5. The second kappa shape index (κ2) is 8.40. The van der Waals surface area contributed by atoms with E-state index >= 15 is 0 Å². The average molecular weight is 409 g/mol. The Morgan fingerprint density at radius 3 is 2.70 bits per heavy atom. The molecule has 6 heteroatoms. The fourth-order valence-electron chi connectivity index (χ4n) is 4.25. The maximum atomic E-state index is 13.0. The Bertz CT molecular complexity index is 1120. The Morgan fingerprint density at radius 2 is 1.97 bits per heavy atom. The number of methoxy groups -OCH3 is 2. The van der Waals surface area contributed by atoms with E-state index in [-0.39, 0.29) is 5.75 Å². The lowest BCUT2D eigenvalue weighted by molar-refractivity contribution is 0.175. The summed E-state index contributed by atoms with van der Waals surface area (Å²) in [6, 6.07) is 10.5. The molecule has 1 saturated heterocycles. The fraction of sp³-hybridized carbons (Fsp3) is 0.375. The molecule has 0 radical (unpaired) electrons. The molecule has 0 amide bonds. The van der Waals surface area contributed by atoms with Gasteiger partial charge in [0.15, 0.2) is 0 Å². The fourth-order valence-corrected chi connectivity index (χ4v) is 4.25. The number of ether oxygens (including phenoxy) is 2. The Hall–Kier alpha value is -2.99. The minimum atomic E-state index is -0.479. The molecule has 1 aliphatic rings.